The van der Waals surface area contributed by atoms with Crippen LogP contribution in [0, 0.1) is 0 Å². The summed E-state index contributed by atoms with van der Waals surface area (Å²) >= 11 is 6.32. The number of benzene rings is 6. The van der Waals surface area contributed by atoms with E-state index < -0.39 is 0 Å². The fourth-order valence-electron chi connectivity index (χ4n) is 4.91. The minimum absolute atomic E-state index is 0.588. The van der Waals surface area contributed by atoms with Crippen LogP contribution in [0.3, 0.4) is 0 Å². The zero-order valence-electron chi connectivity index (χ0n) is 20.9. The molecule has 0 saturated heterocycles. The first-order valence-corrected chi connectivity index (χ1v) is 13.2. The highest BCUT2D eigenvalue weighted by Crippen LogP contribution is 2.31. The zero-order valence-corrected chi connectivity index (χ0v) is 21.7. The summed E-state index contributed by atoms with van der Waals surface area (Å²) in [5.41, 5.74) is 5.11. The SMILES string of the molecule is Clc1cccc(-c2nc(-c3ccc4ccccc4c3)nc(-c3ccc4cc(-c5ccccc5)ccc4c3)n2)c1. The lowest BCUT2D eigenvalue weighted by atomic mass is 10.00. The summed E-state index contributed by atoms with van der Waals surface area (Å²) in [5, 5.41) is 5.25. The number of hydrogen-bond acceptors (Lipinski definition) is 3. The van der Waals surface area contributed by atoms with Crippen LogP contribution < -0.4 is 0 Å². The number of rotatable bonds is 4. The molecule has 0 aliphatic heterocycles. The summed E-state index contributed by atoms with van der Waals surface area (Å²) in [6.45, 7) is 0. The second-order valence-electron chi connectivity index (χ2n) is 9.52. The van der Waals surface area contributed by atoms with Gasteiger partial charge in [0.25, 0.3) is 0 Å². The predicted octanol–water partition coefficient (Wildman–Crippen LogP) is 9.50. The first kappa shape index (κ1) is 23.3. The highest BCUT2D eigenvalue weighted by atomic mass is 35.5. The van der Waals surface area contributed by atoms with Gasteiger partial charge in [-0.15, -0.1) is 0 Å². The van der Waals surface area contributed by atoms with E-state index >= 15 is 0 Å². The minimum atomic E-state index is 0.588. The Labute approximate surface area is 231 Å². The van der Waals surface area contributed by atoms with E-state index in [1.807, 2.05) is 42.5 Å². The van der Waals surface area contributed by atoms with Crippen molar-refractivity contribution in [2.75, 3.05) is 0 Å². The summed E-state index contributed by atoms with van der Waals surface area (Å²) in [7, 11) is 0. The van der Waals surface area contributed by atoms with E-state index in [1.165, 1.54) is 21.9 Å². The first-order valence-electron chi connectivity index (χ1n) is 12.8. The molecule has 7 rings (SSSR count). The van der Waals surface area contributed by atoms with Gasteiger partial charge in [0, 0.05) is 21.7 Å². The van der Waals surface area contributed by atoms with Gasteiger partial charge in [0.2, 0.25) is 0 Å². The smallest absolute Gasteiger partial charge is 0.164 e. The maximum absolute atomic E-state index is 6.32. The molecule has 0 unspecified atom stereocenters. The molecule has 0 saturated carbocycles. The van der Waals surface area contributed by atoms with Crippen molar-refractivity contribution in [3.05, 3.63) is 138 Å². The van der Waals surface area contributed by atoms with Crippen LogP contribution in [-0.4, -0.2) is 15.0 Å². The van der Waals surface area contributed by atoms with Gasteiger partial charge in [0.1, 0.15) is 0 Å². The maximum atomic E-state index is 6.32. The van der Waals surface area contributed by atoms with E-state index in [2.05, 4.69) is 91.0 Å². The molecular weight excluding hydrogens is 498 g/mol. The first-order chi connectivity index (χ1) is 19.2. The number of fused-ring (bicyclic) bond motifs is 2. The summed E-state index contributed by atoms with van der Waals surface area (Å²) in [4.78, 5) is 14.7. The predicted molar refractivity (Wildman–Crippen MR) is 162 cm³/mol. The zero-order chi connectivity index (χ0) is 26.2. The van der Waals surface area contributed by atoms with Gasteiger partial charge in [0.05, 0.1) is 0 Å². The molecule has 3 nitrogen and oxygen atoms in total. The molecule has 1 aromatic heterocycles. The van der Waals surface area contributed by atoms with Crippen molar-refractivity contribution >= 4 is 33.1 Å². The molecule has 0 aliphatic carbocycles. The van der Waals surface area contributed by atoms with Crippen molar-refractivity contribution in [2.45, 2.75) is 0 Å². The molecule has 184 valence electrons. The van der Waals surface area contributed by atoms with Crippen LogP contribution in [0.15, 0.2) is 133 Å². The average molecular weight is 520 g/mol. The van der Waals surface area contributed by atoms with Gasteiger partial charge in [-0.25, -0.2) is 15.0 Å². The lowest BCUT2D eigenvalue weighted by Gasteiger charge is -2.10. The Bertz CT molecular complexity index is 1980. The van der Waals surface area contributed by atoms with Crippen molar-refractivity contribution < 1.29 is 0 Å². The Balaban J connectivity index is 1.37. The topological polar surface area (TPSA) is 38.7 Å². The Kier molecular flexibility index (Phi) is 5.84. The number of nitrogens with zero attached hydrogens (tertiary/aromatic N) is 3. The number of halogens is 1. The van der Waals surface area contributed by atoms with Gasteiger partial charge >= 0.3 is 0 Å². The van der Waals surface area contributed by atoms with Gasteiger partial charge < -0.3 is 0 Å². The van der Waals surface area contributed by atoms with Crippen molar-refractivity contribution in [3.8, 4) is 45.3 Å². The van der Waals surface area contributed by atoms with Crippen LogP contribution in [0.4, 0.5) is 0 Å². The van der Waals surface area contributed by atoms with Crippen molar-refractivity contribution in [2.24, 2.45) is 0 Å². The maximum Gasteiger partial charge on any atom is 0.164 e. The standard InChI is InChI=1S/C35H22ClN3/c36-32-12-6-11-29(22-32)33-37-34(30-17-13-24-9-4-5-10-25(24)20-30)39-35(38-33)31-18-16-27-19-26(14-15-28(27)21-31)23-7-2-1-3-8-23/h1-22H. The normalized spacial score (nSPS) is 11.2. The van der Waals surface area contributed by atoms with Crippen LogP contribution in [0.1, 0.15) is 0 Å². The van der Waals surface area contributed by atoms with Gasteiger partial charge in [-0.05, 0) is 63.0 Å². The number of hydrogen-bond donors (Lipinski definition) is 0. The van der Waals surface area contributed by atoms with E-state index in [4.69, 9.17) is 26.6 Å². The molecule has 4 heteroatoms. The average Bonchev–Trinajstić information content (AvgIpc) is 3.00. The number of aromatic nitrogens is 3. The second-order valence-corrected chi connectivity index (χ2v) is 9.96. The van der Waals surface area contributed by atoms with Crippen LogP contribution in [-0.2, 0) is 0 Å². The van der Waals surface area contributed by atoms with Gasteiger partial charge in [-0.1, -0.05) is 115 Å². The molecule has 39 heavy (non-hydrogen) atoms. The third-order valence-corrected chi connectivity index (χ3v) is 7.17. The molecule has 0 atom stereocenters. The summed E-state index contributed by atoms with van der Waals surface area (Å²) in [6.07, 6.45) is 0. The molecule has 0 fully saturated rings. The Morgan fingerprint density at radius 2 is 0.795 bits per heavy atom. The van der Waals surface area contributed by atoms with E-state index in [9.17, 15) is 0 Å². The molecule has 6 aromatic carbocycles. The van der Waals surface area contributed by atoms with Crippen molar-refractivity contribution in [3.63, 3.8) is 0 Å². The molecule has 0 spiro atoms. The molecule has 0 N–H and O–H groups in total. The molecule has 0 bridgehead atoms. The van der Waals surface area contributed by atoms with Crippen LogP contribution in [0.25, 0.3) is 66.8 Å². The lowest BCUT2D eigenvalue weighted by molar-refractivity contribution is 1.08. The minimum Gasteiger partial charge on any atom is -0.208 e. The van der Waals surface area contributed by atoms with Gasteiger partial charge in [-0.2, -0.15) is 0 Å². The second kappa shape index (κ2) is 9.79. The van der Waals surface area contributed by atoms with Crippen molar-refractivity contribution in [1.29, 1.82) is 0 Å². The molecule has 1 heterocycles. The van der Waals surface area contributed by atoms with Crippen LogP contribution in [0.5, 0.6) is 0 Å². The van der Waals surface area contributed by atoms with Gasteiger partial charge in [0.15, 0.2) is 17.5 Å². The highest BCUT2D eigenvalue weighted by molar-refractivity contribution is 6.30. The fourth-order valence-corrected chi connectivity index (χ4v) is 5.10. The fraction of sp³-hybridized carbons (Fsp3) is 0. The Hall–Kier alpha value is -4.86. The van der Waals surface area contributed by atoms with Crippen LogP contribution >= 0.6 is 11.6 Å². The Morgan fingerprint density at radius 1 is 0.333 bits per heavy atom. The molecule has 0 radical (unpaired) electrons. The summed E-state index contributed by atoms with van der Waals surface area (Å²) < 4.78 is 0. The van der Waals surface area contributed by atoms with Crippen LogP contribution in [0.2, 0.25) is 5.02 Å². The third-order valence-electron chi connectivity index (χ3n) is 6.93. The molecular formula is C35H22ClN3. The van der Waals surface area contributed by atoms with E-state index in [1.54, 1.807) is 0 Å². The van der Waals surface area contributed by atoms with E-state index in [-0.39, 0.29) is 0 Å². The van der Waals surface area contributed by atoms with E-state index in [0.717, 1.165) is 27.5 Å². The monoisotopic (exact) mass is 519 g/mol. The van der Waals surface area contributed by atoms with Gasteiger partial charge in [-0.3, -0.25) is 0 Å². The Morgan fingerprint density at radius 3 is 1.44 bits per heavy atom. The third kappa shape index (κ3) is 4.65. The van der Waals surface area contributed by atoms with Crippen molar-refractivity contribution in [1.82, 2.24) is 15.0 Å². The quantitative estimate of drug-likeness (QED) is 0.232. The van der Waals surface area contributed by atoms with E-state index in [0.29, 0.717) is 22.5 Å². The highest BCUT2D eigenvalue weighted by Gasteiger charge is 2.14. The largest absolute Gasteiger partial charge is 0.208 e. The molecule has 0 aliphatic rings. The lowest BCUT2D eigenvalue weighted by Crippen LogP contribution is -2.00. The summed E-state index contributed by atoms with van der Waals surface area (Å²) in [6, 6.07) is 45.5. The molecule has 0 amide bonds. The molecule has 7 aromatic rings. The summed E-state index contributed by atoms with van der Waals surface area (Å²) in [5.74, 6) is 1.84.